The van der Waals surface area contributed by atoms with E-state index in [1.165, 1.54) is 65.2 Å². The van der Waals surface area contributed by atoms with Crippen LogP contribution in [0.3, 0.4) is 0 Å². The summed E-state index contributed by atoms with van der Waals surface area (Å²) in [6.45, 7) is 2.25. The van der Waals surface area contributed by atoms with Gasteiger partial charge in [-0.3, -0.25) is 23.5 Å². The number of anilines is 11. The molecular formula is C46H56Cl5N25O8. The number of nitrogen functional groups attached to an aromatic ring is 1. The fraction of sp³-hybridized carbons (Fsp3) is 0.304. The molecule has 1 fully saturated rings. The lowest BCUT2D eigenvalue weighted by molar-refractivity contribution is 0.0298. The van der Waals surface area contributed by atoms with Gasteiger partial charge in [-0.25, -0.2) is 34.3 Å². The van der Waals surface area contributed by atoms with Crippen LogP contribution in [0.4, 0.5) is 64.4 Å². The minimum atomic E-state index is -1.10. The Hall–Kier alpha value is -9.15. The highest BCUT2D eigenvalue weighted by Crippen LogP contribution is 2.25. The number of hydrogen-bond acceptors (Lipinski definition) is 27. The minimum Gasteiger partial charge on any atom is -0.476 e. The molecule has 0 radical (unpaired) electrons. The fourth-order valence-corrected chi connectivity index (χ4v) is 7.33. The number of amides is 1. The van der Waals surface area contributed by atoms with Gasteiger partial charge in [0.2, 0.25) is 23.1 Å². The SMILES string of the molecule is CNc1nc(Cl)ncc1Cl.CNc1nc(Nc2cc(C(=O)N3CCOCC3)nn2C)ncc1Cl.CNc1nc(Nc2cc(C(=O)O)nn2C)ncc1Cl.CNc1nc(Nc2cc(C(=O)OC)nn2C)ncc1Cl.COC(=O)c1cc(N)n(C)n1. The maximum Gasteiger partial charge on any atom is 0.358 e. The van der Waals surface area contributed by atoms with Crippen molar-refractivity contribution < 1.29 is 38.5 Å². The quantitative estimate of drug-likeness (QED) is 0.0478. The van der Waals surface area contributed by atoms with Crippen molar-refractivity contribution in [3.63, 3.8) is 0 Å². The van der Waals surface area contributed by atoms with Gasteiger partial charge in [-0.05, 0) is 11.6 Å². The van der Waals surface area contributed by atoms with Crippen LogP contribution in [0.25, 0.3) is 0 Å². The number of carbonyl (C=O) groups excluding carboxylic acids is 3. The Bertz CT molecular complexity index is 3540. The number of morpholine rings is 1. The summed E-state index contributed by atoms with van der Waals surface area (Å²) in [6, 6.07) is 6.07. The molecule has 9 heterocycles. The average molecular weight is 1260 g/mol. The van der Waals surface area contributed by atoms with Crippen LogP contribution in [0, 0.1) is 0 Å². The average Bonchev–Trinajstić information content (AvgIpc) is 4.29. The Balaban J connectivity index is 0.000000199. The molecule has 0 aromatic carbocycles. The van der Waals surface area contributed by atoms with Gasteiger partial charge in [0, 0.05) is 93.7 Å². The highest BCUT2D eigenvalue weighted by Gasteiger charge is 2.23. The number of rotatable bonds is 14. The number of methoxy groups -OCH3 is 2. The van der Waals surface area contributed by atoms with Gasteiger partial charge in [0.1, 0.15) is 66.6 Å². The van der Waals surface area contributed by atoms with Crippen LogP contribution in [0.2, 0.25) is 25.4 Å². The van der Waals surface area contributed by atoms with E-state index in [-0.39, 0.29) is 34.2 Å². The van der Waals surface area contributed by atoms with Crippen molar-refractivity contribution in [1.29, 1.82) is 0 Å². The number of carboxylic acid groups (broad SMARTS) is 1. The smallest absolute Gasteiger partial charge is 0.358 e. The fourth-order valence-electron chi connectivity index (χ4n) is 6.45. The number of esters is 2. The molecule has 9 rings (SSSR count). The number of hydrogen-bond donors (Lipinski definition) is 9. The molecule has 38 heteroatoms. The number of ether oxygens (including phenoxy) is 3. The number of aromatic carboxylic acids is 1. The Kier molecular flexibility index (Phi) is 24.5. The van der Waals surface area contributed by atoms with Crippen molar-refractivity contribution in [1.82, 2.24) is 83.9 Å². The standard InChI is InChI=1S/C14H18ClN7O2.C11H13ClN6O2.C10H11ClN6O2.C6H9N3O2.C5H5Cl2N3/c1-16-12-9(15)8-17-14(19-12)18-11-7-10(20-21(11)2)13(23)22-3-5-24-6-4-22;1-13-9-6(12)5-14-11(16-9)15-8-4-7(10(19)20-3)17-18(8)2;1-12-8-5(11)4-13-10(15-8)14-7-3-6(9(18)19)16-17(7)2;1-9-5(7)3-4(8-9)6(10)11-2;1-8-4-3(6)2-9-5(7)10-4/h7-8H,3-6H2,1-2H3,(H2,16,17,18,19);4-5H,1-3H3,(H2,13,14,15,16);3-4H,1-2H3,(H,18,19)(H2,12,13,14,15);3H,7H2,1-2H3;2H,1H3,(H,8,9,10). The third kappa shape index (κ3) is 18.4. The first-order valence-electron chi connectivity index (χ1n) is 24.0. The van der Waals surface area contributed by atoms with Gasteiger partial charge in [-0.1, -0.05) is 46.4 Å². The van der Waals surface area contributed by atoms with Gasteiger partial charge < -0.3 is 67.2 Å². The van der Waals surface area contributed by atoms with Crippen LogP contribution < -0.4 is 43.0 Å². The van der Waals surface area contributed by atoms with Gasteiger partial charge in [-0.15, -0.1) is 0 Å². The Labute approximate surface area is 503 Å². The predicted octanol–water partition coefficient (Wildman–Crippen LogP) is 5.52. The van der Waals surface area contributed by atoms with Crippen molar-refractivity contribution in [3.8, 4) is 0 Å². The van der Waals surface area contributed by atoms with E-state index in [1.807, 2.05) is 0 Å². The number of carbonyl (C=O) groups is 4. The lowest BCUT2D eigenvalue weighted by Crippen LogP contribution is -2.40. The first-order valence-corrected chi connectivity index (χ1v) is 25.9. The summed E-state index contributed by atoms with van der Waals surface area (Å²) in [6.07, 6.45) is 5.86. The molecule has 1 aliphatic rings. The predicted molar refractivity (Wildman–Crippen MR) is 315 cm³/mol. The van der Waals surface area contributed by atoms with E-state index in [0.717, 1.165) is 0 Å². The highest BCUT2D eigenvalue weighted by molar-refractivity contribution is 6.34. The largest absolute Gasteiger partial charge is 0.476 e. The lowest BCUT2D eigenvalue weighted by atomic mass is 10.3. The van der Waals surface area contributed by atoms with E-state index in [0.29, 0.717) is 111 Å². The monoisotopic (exact) mass is 1260 g/mol. The van der Waals surface area contributed by atoms with Gasteiger partial charge in [0.25, 0.3) is 5.91 Å². The van der Waals surface area contributed by atoms with Crippen molar-refractivity contribution in [2.45, 2.75) is 0 Å². The van der Waals surface area contributed by atoms with Crippen molar-refractivity contribution in [2.75, 3.05) is 112 Å². The number of halogens is 5. The second-order valence-electron chi connectivity index (χ2n) is 16.3. The van der Waals surface area contributed by atoms with Gasteiger partial charge in [0.15, 0.2) is 22.8 Å². The third-order valence-corrected chi connectivity index (χ3v) is 12.0. The molecule has 0 aliphatic carbocycles. The molecular weight excluding hydrogens is 1210 g/mol. The normalized spacial score (nSPS) is 11.3. The number of nitrogens with zero attached hydrogens (tertiary/aromatic N) is 17. The summed E-state index contributed by atoms with van der Waals surface area (Å²) in [5, 5.41) is 46.8. The summed E-state index contributed by atoms with van der Waals surface area (Å²) >= 11 is 28.9. The number of nitrogens with one attached hydrogen (secondary N) is 7. The summed E-state index contributed by atoms with van der Waals surface area (Å²) < 4.78 is 20.2. The molecule has 8 aromatic heterocycles. The van der Waals surface area contributed by atoms with Crippen LogP contribution >= 0.6 is 58.0 Å². The molecule has 8 aromatic rings. The molecule has 33 nitrogen and oxygen atoms in total. The molecule has 1 saturated heterocycles. The first kappa shape index (κ1) is 65.7. The topological polar surface area (TPSA) is 404 Å². The Morgan fingerprint density at radius 1 is 0.524 bits per heavy atom. The Morgan fingerprint density at radius 3 is 1.23 bits per heavy atom. The lowest BCUT2D eigenvalue weighted by Gasteiger charge is -2.25. The van der Waals surface area contributed by atoms with Crippen molar-refractivity contribution in [2.24, 2.45) is 28.2 Å². The summed E-state index contributed by atoms with van der Waals surface area (Å²) in [5.74, 6) is 2.86. The van der Waals surface area contributed by atoms with Gasteiger partial charge >= 0.3 is 17.9 Å². The summed E-state index contributed by atoms with van der Waals surface area (Å²) in [5.41, 5.74) is 6.15. The van der Waals surface area contributed by atoms with E-state index < -0.39 is 17.9 Å². The first-order chi connectivity index (χ1) is 40.0. The van der Waals surface area contributed by atoms with Crippen LogP contribution in [-0.2, 0) is 42.4 Å². The second-order valence-corrected chi connectivity index (χ2v) is 18.2. The van der Waals surface area contributed by atoms with E-state index in [9.17, 15) is 19.2 Å². The molecule has 1 amide bonds. The Morgan fingerprint density at radius 2 is 0.869 bits per heavy atom. The van der Waals surface area contributed by atoms with Gasteiger partial charge in [-0.2, -0.15) is 40.3 Å². The van der Waals surface area contributed by atoms with Crippen molar-refractivity contribution in [3.05, 3.63) is 97.2 Å². The molecule has 448 valence electrons. The molecule has 0 spiro atoms. The maximum atomic E-state index is 12.5. The number of aryl methyl sites for hydroxylation is 4. The number of nitrogens with two attached hydrogens (primary N) is 1. The summed E-state index contributed by atoms with van der Waals surface area (Å²) in [7, 11) is 16.1. The third-order valence-electron chi connectivity index (χ3n) is 10.7. The zero-order valence-electron chi connectivity index (χ0n) is 46.3. The second kappa shape index (κ2) is 31.3. The van der Waals surface area contributed by atoms with Crippen LogP contribution in [0.1, 0.15) is 42.0 Å². The maximum absolute atomic E-state index is 12.5. The van der Waals surface area contributed by atoms with E-state index in [2.05, 4.69) is 107 Å². The van der Waals surface area contributed by atoms with Crippen molar-refractivity contribution >= 4 is 146 Å². The molecule has 10 N–H and O–H groups in total. The summed E-state index contributed by atoms with van der Waals surface area (Å²) in [4.78, 5) is 79.4. The number of aromatic nitrogens is 16. The molecule has 0 bridgehead atoms. The molecule has 0 atom stereocenters. The van der Waals surface area contributed by atoms with Crippen LogP contribution in [0.15, 0.2) is 49.1 Å². The van der Waals surface area contributed by atoms with E-state index >= 15 is 0 Å². The molecule has 1 aliphatic heterocycles. The van der Waals surface area contributed by atoms with E-state index in [1.54, 1.807) is 78.1 Å². The minimum absolute atomic E-state index is 0.0622. The van der Waals surface area contributed by atoms with E-state index in [4.69, 9.17) is 73.6 Å². The van der Waals surface area contributed by atoms with Gasteiger partial charge in [0.05, 0.1) is 52.2 Å². The molecule has 0 saturated carbocycles. The zero-order valence-corrected chi connectivity index (χ0v) is 50.1. The number of carboxylic acids is 1. The van der Waals surface area contributed by atoms with Crippen LogP contribution in [-0.4, -0.2) is 182 Å². The molecule has 0 unspecified atom stereocenters. The highest BCUT2D eigenvalue weighted by atomic mass is 35.5. The zero-order chi connectivity index (χ0) is 61.8. The van der Waals surface area contributed by atoms with Crippen LogP contribution in [0.5, 0.6) is 0 Å². The molecule has 84 heavy (non-hydrogen) atoms.